The summed E-state index contributed by atoms with van der Waals surface area (Å²) in [5, 5.41) is 8.00. The molecule has 3 aromatic rings. The van der Waals surface area contributed by atoms with Gasteiger partial charge in [0.15, 0.2) is 0 Å². The van der Waals surface area contributed by atoms with Gasteiger partial charge in [0.25, 0.3) is 11.5 Å². The summed E-state index contributed by atoms with van der Waals surface area (Å²) in [4.78, 5) is 60.3. The molecular weight excluding hydrogens is 635 g/mol. The van der Waals surface area contributed by atoms with Crippen LogP contribution in [0.25, 0.3) is 10.8 Å². The summed E-state index contributed by atoms with van der Waals surface area (Å²) < 4.78 is 15.0. The molecule has 1 aliphatic carbocycles. The average Bonchev–Trinajstić information content (AvgIpc) is 3.14. The van der Waals surface area contributed by atoms with Crippen molar-refractivity contribution in [1.29, 1.82) is 0 Å². The molecule has 10 nitrogen and oxygen atoms in total. The van der Waals surface area contributed by atoms with Crippen LogP contribution >= 0.6 is 0 Å². The molecule has 1 spiro atoms. The number of halogens is 1. The Bertz CT molecular complexity index is 1780. The number of fused-ring (bicyclic) bond motifs is 1. The van der Waals surface area contributed by atoms with Crippen LogP contribution in [0.2, 0.25) is 0 Å². The third-order valence-corrected chi connectivity index (χ3v) is 11.6. The molecule has 0 radical (unpaired) electrons. The first-order valence-corrected chi connectivity index (χ1v) is 18.6. The van der Waals surface area contributed by atoms with E-state index in [9.17, 15) is 19.2 Å². The lowest BCUT2D eigenvalue weighted by Gasteiger charge is -2.49. The van der Waals surface area contributed by atoms with Crippen LogP contribution in [0.1, 0.15) is 85.8 Å². The van der Waals surface area contributed by atoms with Gasteiger partial charge in [0, 0.05) is 69.5 Å². The van der Waals surface area contributed by atoms with Gasteiger partial charge in [0.2, 0.25) is 11.8 Å². The van der Waals surface area contributed by atoms with Crippen molar-refractivity contribution < 1.29 is 18.8 Å². The Morgan fingerprint density at radius 3 is 2.30 bits per heavy atom. The Hall–Kier alpha value is -4.12. The van der Waals surface area contributed by atoms with E-state index in [-0.39, 0.29) is 22.4 Å². The fourth-order valence-electron chi connectivity index (χ4n) is 8.93. The third kappa shape index (κ3) is 7.62. The summed E-state index contributed by atoms with van der Waals surface area (Å²) >= 11 is 0. The number of piperidine rings is 2. The number of aromatic amines is 1. The van der Waals surface area contributed by atoms with Crippen molar-refractivity contribution in [3.8, 4) is 0 Å². The van der Waals surface area contributed by atoms with Gasteiger partial charge >= 0.3 is 0 Å². The Morgan fingerprint density at radius 1 is 0.800 bits per heavy atom. The van der Waals surface area contributed by atoms with Crippen LogP contribution in [-0.4, -0.2) is 106 Å². The molecule has 7 rings (SSSR count). The third-order valence-electron chi connectivity index (χ3n) is 11.6. The molecule has 266 valence electrons. The van der Waals surface area contributed by atoms with Gasteiger partial charge in [-0.2, -0.15) is 5.10 Å². The quantitative estimate of drug-likeness (QED) is 0.390. The molecule has 50 heavy (non-hydrogen) atoms. The zero-order valence-electron chi connectivity index (χ0n) is 29.0. The Balaban J connectivity index is 0.921. The van der Waals surface area contributed by atoms with E-state index in [1.165, 1.54) is 38.2 Å². The maximum absolute atomic E-state index is 15.0. The number of nitrogens with zero attached hydrogens (tertiary/aromatic N) is 5. The highest BCUT2D eigenvalue weighted by atomic mass is 19.1. The number of hydrogen-bond acceptors (Lipinski definition) is 6. The fourth-order valence-corrected chi connectivity index (χ4v) is 8.93. The molecule has 0 bridgehead atoms. The highest BCUT2D eigenvalue weighted by Crippen LogP contribution is 2.39. The Morgan fingerprint density at radius 2 is 1.52 bits per heavy atom. The van der Waals surface area contributed by atoms with Gasteiger partial charge in [-0.25, -0.2) is 9.49 Å². The molecule has 4 heterocycles. The molecule has 4 aliphatic rings. The topological polar surface area (TPSA) is 110 Å². The zero-order chi connectivity index (χ0) is 34.7. The molecule has 4 fully saturated rings. The molecule has 1 atom stereocenters. The number of benzene rings is 2. The second kappa shape index (κ2) is 15.0. The lowest BCUT2D eigenvalue weighted by atomic mass is 9.73. The van der Waals surface area contributed by atoms with E-state index in [4.69, 9.17) is 0 Å². The maximum Gasteiger partial charge on any atom is 0.272 e. The normalized spacial score (nSPS) is 22.3. The summed E-state index contributed by atoms with van der Waals surface area (Å²) in [6, 6.07) is 11.7. The van der Waals surface area contributed by atoms with E-state index in [0.717, 1.165) is 57.2 Å². The Labute approximate surface area is 293 Å². The molecule has 11 heteroatoms. The summed E-state index contributed by atoms with van der Waals surface area (Å²) in [5.41, 5.74) is 1.13. The van der Waals surface area contributed by atoms with Gasteiger partial charge in [-0.15, -0.1) is 0 Å². The number of rotatable bonds is 7. The molecule has 3 saturated heterocycles. The standard InChI is InChI=1S/C39H49FN6O4/c40-33-13-12-29(23-34-30-10-4-5-11-31(30)37(49)42-41-34)22-32(33)38(50)45-20-18-44(19-21-45)36(48)25-43-16-6-14-39(26-43)15-7-17-46(27-39)35(47)24-28-8-2-1-3-9-28/h4-5,10-13,22,28H,1-3,6-9,14-21,23-27H2,(H,42,49)/t39-/m1/s1. The second-order valence-corrected chi connectivity index (χ2v) is 15.2. The van der Waals surface area contributed by atoms with E-state index in [0.29, 0.717) is 74.0 Å². The molecule has 0 unspecified atom stereocenters. The average molecular weight is 685 g/mol. The predicted molar refractivity (Wildman–Crippen MR) is 189 cm³/mol. The van der Waals surface area contributed by atoms with Gasteiger partial charge in [-0.3, -0.25) is 24.1 Å². The maximum atomic E-state index is 15.0. The minimum atomic E-state index is -0.590. The minimum Gasteiger partial charge on any atom is -0.342 e. The molecule has 3 amide bonds. The predicted octanol–water partition coefficient (Wildman–Crippen LogP) is 4.61. The van der Waals surface area contributed by atoms with Gasteiger partial charge in [0.1, 0.15) is 5.82 Å². The molecule has 1 N–H and O–H groups in total. The number of likely N-dealkylation sites (tertiary alicyclic amines) is 2. The number of carbonyl (C=O) groups excluding carboxylic acids is 3. The lowest BCUT2D eigenvalue weighted by Crippen LogP contribution is -2.56. The van der Waals surface area contributed by atoms with Crippen molar-refractivity contribution in [3.63, 3.8) is 0 Å². The largest absolute Gasteiger partial charge is 0.342 e. The Kier molecular flexibility index (Phi) is 10.3. The monoisotopic (exact) mass is 684 g/mol. The summed E-state index contributed by atoms with van der Waals surface area (Å²) in [6.45, 7) is 5.20. The molecular formula is C39H49FN6O4. The number of amides is 3. The summed E-state index contributed by atoms with van der Waals surface area (Å²) in [6.07, 6.45) is 11.4. The van der Waals surface area contributed by atoms with Crippen LogP contribution in [0.3, 0.4) is 0 Å². The van der Waals surface area contributed by atoms with Crippen molar-refractivity contribution in [1.82, 2.24) is 29.8 Å². The number of carbonyl (C=O) groups is 3. The number of H-pyrrole nitrogens is 1. The van der Waals surface area contributed by atoms with E-state index in [2.05, 4.69) is 20.0 Å². The van der Waals surface area contributed by atoms with Gasteiger partial charge in [-0.05, 0) is 74.8 Å². The fraction of sp³-hybridized carbons (Fsp3) is 0.564. The van der Waals surface area contributed by atoms with Crippen molar-refractivity contribution >= 4 is 28.5 Å². The summed E-state index contributed by atoms with van der Waals surface area (Å²) in [7, 11) is 0. The van der Waals surface area contributed by atoms with Gasteiger partial charge in [-0.1, -0.05) is 43.5 Å². The second-order valence-electron chi connectivity index (χ2n) is 15.2. The van der Waals surface area contributed by atoms with Crippen molar-refractivity contribution in [2.45, 2.75) is 70.6 Å². The van der Waals surface area contributed by atoms with E-state index in [1.807, 2.05) is 17.0 Å². The van der Waals surface area contributed by atoms with E-state index in [1.54, 1.807) is 29.2 Å². The van der Waals surface area contributed by atoms with Crippen LogP contribution in [0.5, 0.6) is 0 Å². The van der Waals surface area contributed by atoms with E-state index < -0.39 is 11.7 Å². The first-order chi connectivity index (χ1) is 24.3. The van der Waals surface area contributed by atoms with Crippen LogP contribution in [-0.2, 0) is 16.0 Å². The molecule has 1 aromatic heterocycles. The lowest BCUT2D eigenvalue weighted by molar-refractivity contribution is -0.139. The van der Waals surface area contributed by atoms with E-state index >= 15 is 4.39 Å². The first kappa shape index (κ1) is 34.3. The number of piperazine rings is 1. The highest BCUT2D eigenvalue weighted by Gasteiger charge is 2.41. The zero-order valence-corrected chi connectivity index (χ0v) is 29.0. The van der Waals surface area contributed by atoms with Crippen LogP contribution in [0, 0.1) is 17.2 Å². The van der Waals surface area contributed by atoms with Gasteiger partial charge in [0.05, 0.1) is 23.2 Å². The number of aromatic nitrogens is 2. The van der Waals surface area contributed by atoms with Crippen molar-refractivity contribution in [2.75, 3.05) is 58.9 Å². The SMILES string of the molecule is O=C(CN1CCC[C@@]2(CCCN(C(=O)CC3CCCCC3)C2)C1)N1CCN(C(=O)c2cc(Cc3n[nH]c(=O)c4ccccc34)ccc2F)CC1. The minimum absolute atomic E-state index is 0.00614. The first-order valence-electron chi connectivity index (χ1n) is 18.6. The highest BCUT2D eigenvalue weighted by molar-refractivity contribution is 5.95. The smallest absolute Gasteiger partial charge is 0.272 e. The summed E-state index contributed by atoms with van der Waals surface area (Å²) in [5.74, 6) is -0.0607. The number of nitrogens with one attached hydrogen (secondary N) is 1. The molecule has 3 aliphatic heterocycles. The van der Waals surface area contributed by atoms with Crippen LogP contribution in [0.15, 0.2) is 47.3 Å². The van der Waals surface area contributed by atoms with Gasteiger partial charge < -0.3 is 14.7 Å². The number of hydrogen-bond donors (Lipinski definition) is 1. The van der Waals surface area contributed by atoms with Crippen LogP contribution < -0.4 is 5.56 Å². The molecule has 2 aromatic carbocycles. The van der Waals surface area contributed by atoms with Crippen LogP contribution in [0.4, 0.5) is 4.39 Å². The molecule has 1 saturated carbocycles. The van der Waals surface area contributed by atoms with Crippen molar-refractivity contribution in [2.24, 2.45) is 11.3 Å². The van der Waals surface area contributed by atoms with Crippen molar-refractivity contribution in [3.05, 3.63) is 75.5 Å².